The minimum atomic E-state index is 0.0521. The predicted octanol–water partition coefficient (Wildman–Crippen LogP) is 1.07. The molecule has 0 bridgehead atoms. The number of nitrogens with one attached hydrogen (secondary N) is 1. The summed E-state index contributed by atoms with van der Waals surface area (Å²) >= 11 is 0. The van der Waals surface area contributed by atoms with E-state index in [4.69, 9.17) is 10.5 Å². The SMILES string of the molecule is C=C(C)COCCNC(=O)CC(CC)CN. The average molecular weight is 228 g/mol. The molecule has 0 aromatic heterocycles. The largest absolute Gasteiger partial charge is 0.375 e. The summed E-state index contributed by atoms with van der Waals surface area (Å²) in [4.78, 5) is 11.4. The van der Waals surface area contributed by atoms with Gasteiger partial charge in [-0.15, -0.1) is 0 Å². The molecule has 0 heterocycles. The standard InChI is InChI=1S/C12H24N2O2/c1-4-11(8-13)7-12(15)14-5-6-16-9-10(2)3/h11H,2,4-9,13H2,1,3H3,(H,14,15). The lowest BCUT2D eigenvalue weighted by Gasteiger charge is -2.12. The molecule has 3 N–H and O–H groups in total. The van der Waals surface area contributed by atoms with Crippen LogP contribution in [0.3, 0.4) is 0 Å². The molecule has 0 aromatic carbocycles. The molecular weight excluding hydrogens is 204 g/mol. The summed E-state index contributed by atoms with van der Waals surface area (Å²) in [6, 6.07) is 0. The van der Waals surface area contributed by atoms with Gasteiger partial charge in [0, 0.05) is 13.0 Å². The molecule has 0 saturated carbocycles. The van der Waals surface area contributed by atoms with Gasteiger partial charge in [0.2, 0.25) is 5.91 Å². The number of carbonyl (C=O) groups is 1. The van der Waals surface area contributed by atoms with Crippen LogP contribution in [0.15, 0.2) is 12.2 Å². The molecule has 0 aliphatic carbocycles. The van der Waals surface area contributed by atoms with Crippen LogP contribution in [0.5, 0.6) is 0 Å². The van der Waals surface area contributed by atoms with E-state index in [1.54, 1.807) is 0 Å². The van der Waals surface area contributed by atoms with Crippen LogP contribution in [0, 0.1) is 5.92 Å². The Morgan fingerprint density at radius 2 is 2.25 bits per heavy atom. The molecule has 0 rings (SSSR count). The number of ether oxygens (including phenoxy) is 1. The van der Waals surface area contributed by atoms with Crippen molar-refractivity contribution in [3.05, 3.63) is 12.2 Å². The summed E-state index contributed by atoms with van der Waals surface area (Å²) in [5, 5.41) is 2.81. The van der Waals surface area contributed by atoms with Crippen molar-refractivity contribution in [2.45, 2.75) is 26.7 Å². The number of carbonyl (C=O) groups excluding carboxylic acids is 1. The van der Waals surface area contributed by atoms with Gasteiger partial charge in [-0.3, -0.25) is 4.79 Å². The molecule has 1 unspecified atom stereocenters. The summed E-state index contributed by atoms with van der Waals surface area (Å²) in [5.74, 6) is 0.340. The monoisotopic (exact) mass is 228 g/mol. The highest BCUT2D eigenvalue weighted by Gasteiger charge is 2.09. The van der Waals surface area contributed by atoms with Gasteiger partial charge in [-0.25, -0.2) is 0 Å². The third-order valence-corrected chi connectivity index (χ3v) is 2.30. The van der Waals surface area contributed by atoms with Crippen LogP contribution in [0.25, 0.3) is 0 Å². The van der Waals surface area contributed by atoms with Crippen molar-refractivity contribution in [3.63, 3.8) is 0 Å². The van der Waals surface area contributed by atoms with Crippen LogP contribution in [0.2, 0.25) is 0 Å². The Morgan fingerprint density at radius 1 is 1.56 bits per heavy atom. The molecule has 0 radical (unpaired) electrons. The van der Waals surface area contributed by atoms with Crippen molar-refractivity contribution in [3.8, 4) is 0 Å². The van der Waals surface area contributed by atoms with Crippen LogP contribution in [-0.2, 0) is 9.53 Å². The molecule has 1 atom stereocenters. The third-order valence-electron chi connectivity index (χ3n) is 2.30. The van der Waals surface area contributed by atoms with Gasteiger partial charge in [-0.05, 0) is 19.4 Å². The predicted molar refractivity (Wildman–Crippen MR) is 66.1 cm³/mol. The number of nitrogens with two attached hydrogens (primary N) is 1. The second-order valence-electron chi connectivity index (χ2n) is 4.07. The summed E-state index contributed by atoms with van der Waals surface area (Å²) in [7, 11) is 0. The Bertz CT molecular complexity index is 213. The molecule has 94 valence electrons. The second-order valence-corrected chi connectivity index (χ2v) is 4.07. The zero-order valence-electron chi connectivity index (χ0n) is 10.4. The topological polar surface area (TPSA) is 64.3 Å². The maximum atomic E-state index is 11.4. The van der Waals surface area contributed by atoms with Gasteiger partial charge in [0.25, 0.3) is 0 Å². The van der Waals surface area contributed by atoms with E-state index in [0.717, 1.165) is 12.0 Å². The average Bonchev–Trinajstić information content (AvgIpc) is 2.25. The van der Waals surface area contributed by atoms with E-state index in [1.807, 2.05) is 13.8 Å². The molecule has 0 fully saturated rings. The fraction of sp³-hybridized carbons (Fsp3) is 0.750. The lowest BCUT2D eigenvalue weighted by molar-refractivity contribution is -0.122. The molecule has 16 heavy (non-hydrogen) atoms. The Labute approximate surface area is 98.2 Å². The number of rotatable bonds is 9. The highest BCUT2D eigenvalue weighted by molar-refractivity contribution is 5.76. The molecule has 0 aliphatic heterocycles. The van der Waals surface area contributed by atoms with Crippen molar-refractivity contribution in [2.24, 2.45) is 11.7 Å². The van der Waals surface area contributed by atoms with Crippen molar-refractivity contribution >= 4 is 5.91 Å². The van der Waals surface area contributed by atoms with Crippen molar-refractivity contribution in [1.82, 2.24) is 5.32 Å². The molecule has 1 amide bonds. The van der Waals surface area contributed by atoms with Crippen LogP contribution < -0.4 is 11.1 Å². The first-order chi connectivity index (χ1) is 7.60. The van der Waals surface area contributed by atoms with E-state index in [2.05, 4.69) is 11.9 Å². The summed E-state index contributed by atoms with van der Waals surface area (Å²) in [5.41, 5.74) is 6.51. The Hall–Kier alpha value is -0.870. The fourth-order valence-electron chi connectivity index (χ4n) is 1.24. The lowest BCUT2D eigenvalue weighted by atomic mass is 10.0. The maximum Gasteiger partial charge on any atom is 0.220 e. The van der Waals surface area contributed by atoms with E-state index in [1.165, 1.54) is 0 Å². The van der Waals surface area contributed by atoms with Gasteiger partial charge < -0.3 is 15.8 Å². The van der Waals surface area contributed by atoms with Crippen LogP contribution in [0.4, 0.5) is 0 Å². The Kier molecular flexibility index (Phi) is 8.85. The first kappa shape index (κ1) is 15.1. The summed E-state index contributed by atoms with van der Waals surface area (Å²) in [6.45, 7) is 9.87. The quantitative estimate of drug-likeness (QED) is 0.458. The van der Waals surface area contributed by atoms with Gasteiger partial charge in [-0.2, -0.15) is 0 Å². The lowest BCUT2D eigenvalue weighted by Crippen LogP contribution is -2.30. The molecule has 0 saturated heterocycles. The first-order valence-electron chi connectivity index (χ1n) is 5.79. The van der Waals surface area contributed by atoms with E-state index >= 15 is 0 Å². The van der Waals surface area contributed by atoms with Gasteiger partial charge in [-0.1, -0.05) is 25.5 Å². The van der Waals surface area contributed by atoms with E-state index in [9.17, 15) is 4.79 Å². The summed E-state index contributed by atoms with van der Waals surface area (Å²) in [6.07, 6.45) is 1.45. The fourth-order valence-corrected chi connectivity index (χ4v) is 1.24. The number of amides is 1. The van der Waals surface area contributed by atoms with Crippen LogP contribution >= 0.6 is 0 Å². The number of hydrogen-bond donors (Lipinski definition) is 2. The smallest absolute Gasteiger partial charge is 0.220 e. The van der Waals surface area contributed by atoms with E-state index in [0.29, 0.717) is 32.7 Å². The van der Waals surface area contributed by atoms with Crippen LogP contribution in [-0.4, -0.2) is 32.2 Å². The molecule has 0 aromatic rings. The highest BCUT2D eigenvalue weighted by atomic mass is 16.5. The minimum Gasteiger partial charge on any atom is -0.375 e. The Morgan fingerprint density at radius 3 is 2.75 bits per heavy atom. The first-order valence-corrected chi connectivity index (χ1v) is 5.79. The molecule has 0 spiro atoms. The zero-order valence-corrected chi connectivity index (χ0v) is 10.4. The highest BCUT2D eigenvalue weighted by Crippen LogP contribution is 2.04. The van der Waals surface area contributed by atoms with Crippen molar-refractivity contribution < 1.29 is 9.53 Å². The molecule has 0 aliphatic rings. The molecule has 4 heteroatoms. The van der Waals surface area contributed by atoms with Crippen molar-refractivity contribution in [1.29, 1.82) is 0 Å². The molecule has 4 nitrogen and oxygen atoms in total. The van der Waals surface area contributed by atoms with Crippen molar-refractivity contribution in [2.75, 3.05) is 26.3 Å². The number of hydrogen-bond acceptors (Lipinski definition) is 3. The normalized spacial score (nSPS) is 12.2. The maximum absolute atomic E-state index is 11.4. The van der Waals surface area contributed by atoms with Gasteiger partial charge in [0.15, 0.2) is 0 Å². The van der Waals surface area contributed by atoms with E-state index in [-0.39, 0.29) is 11.8 Å². The molecular formula is C12H24N2O2. The van der Waals surface area contributed by atoms with Gasteiger partial charge in [0.1, 0.15) is 0 Å². The van der Waals surface area contributed by atoms with Gasteiger partial charge in [0.05, 0.1) is 13.2 Å². The Balaban J connectivity index is 3.46. The summed E-state index contributed by atoms with van der Waals surface area (Å²) < 4.78 is 5.26. The van der Waals surface area contributed by atoms with E-state index < -0.39 is 0 Å². The van der Waals surface area contributed by atoms with Gasteiger partial charge >= 0.3 is 0 Å². The zero-order chi connectivity index (χ0) is 12.4. The second kappa shape index (κ2) is 9.36. The van der Waals surface area contributed by atoms with Crippen LogP contribution in [0.1, 0.15) is 26.7 Å². The minimum absolute atomic E-state index is 0.0521. The third kappa shape index (κ3) is 8.44.